The molecule has 0 amide bonds. The highest BCUT2D eigenvalue weighted by Crippen LogP contribution is 2.44. The van der Waals surface area contributed by atoms with Crippen molar-refractivity contribution in [1.29, 1.82) is 0 Å². The van der Waals surface area contributed by atoms with E-state index in [4.69, 9.17) is 4.74 Å². The largest absolute Gasteiger partial charge is 0.461 e. The minimum absolute atomic E-state index is 0.0807. The molecular formula is C18H26O3S7. The van der Waals surface area contributed by atoms with E-state index in [9.17, 15) is 9.59 Å². The van der Waals surface area contributed by atoms with Gasteiger partial charge in [0.1, 0.15) is 6.61 Å². The quantitative estimate of drug-likeness (QED) is 0.194. The molecule has 0 radical (unpaired) electrons. The predicted molar refractivity (Wildman–Crippen MR) is 138 cm³/mol. The van der Waals surface area contributed by atoms with E-state index in [1.165, 1.54) is 23.9 Å². The minimum atomic E-state index is -0.329. The van der Waals surface area contributed by atoms with Crippen LogP contribution in [-0.4, -0.2) is 70.7 Å². The van der Waals surface area contributed by atoms with E-state index in [1.54, 1.807) is 0 Å². The second-order valence-electron chi connectivity index (χ2n) is 5.94. The molecule has 0 spiro atoms. The number of esters is 1. The fraction of sp³-hybridized carbons (Fsp3) is 0.667. The van der Waals surface area contributed by atoms with E-state index in [0.29, 0.717) is 30.9 Å². The molecule has 28 heavy (non-hydrogen) atoms. The van der Waals surface area contributed by atoms with Gasteiger partial charge in [-0.1, -0.05) is 24.9 Å². The molecule has 0 aromatic carbocycles. The molecule has 5 unspecified atom stereocenters. The number of carbonyl (C=O) groups excluding carboxylic acids is 2. The van der Waals surface area contributed by atoms with Crippen LogP contribution in [0.1, 0.15) is 6.92 Å². The molecule has 2 heterocycles. The molecule has 0 saturated carbocycles. The summed E-state index contributed by atoms with van der Waals surface area (Å²) in [7, 11) is 0. The Morgan fingerprint density at radius 2 is 1.64 bits per heavy atom. The standard InChI is InChI=1S/C18H26O3S7/c1-4-15(19)21-6-13-7-25-17(27-13)10-22-12(3)23-11-18-26-9-14(28-18)8-24-16(20)5-2/h4-5,12-14,17-18H,1-2,6-11H2,3H3. The van der Waals surface area contributed by atoms with E-state index >= 15 is 0 Å². The van der Waals surface area contributed by atoms with Gasteiger partial charge in [-0.05, 0) is 13.0 Å². The van der Waals surface area contributed by atoms with Crippen LogP contribution in [0.5, 0.6) is 0 Å². The Kier molecular flexibility index (Phi) is 12.8. The first-order valence-corrected chi connectivity index (χ1v) is 15.9. The zero-order chi connectivity index (χ0) is 20.4. The lowest BCUT2D eigenvalue weighted by molar-refractivity contribution is -0.137. The van der Waals surface area contributed by atoms with Crippen molar-refractivity contribution in [2.24, 2.45) is 0 Å². The van der Waals surface area contributed by atoms with Gasteiger partial charge in [0.05, 0.1) is 9.16 Å². The second-order valence-corrected chi connectivity index (χ2v) is 16.1. The van der Waals surface area contributed by atoms with Gasteiger partial charge in [-0.15, -0.1) is 70.6 Å². The average molecular weight is 515 g/mol. The molecule has 2 rings (SSSR count). The molecule has 0 N–H and O–H groups in total. The van der Waals surface area contributed by atoms with Gasteiger partial charge in [-0.25, -0.2) is 4.79 Å². The summed E-state index contributed by atoms with van der Waals surface area (Å²) < 4.78 is 6.96. The molecule has 0 aliphatic carbocycles. The first-order chi connectivity index (χ1) is 13.5. The third-order valence-corrected chi connectivity index (χ3v) is 15.1. The fourth-order valence-corrected chi connectivity index (χ4v) is 12.8. The van der Waals surface area contributed by atoms with Crippen LogP contribution in [0.25, 0.3) is 0 Å². The molecule has 2 fully saturated rings. The van der Waals surface area contributed by atoms with E-state index in [0.717, 1.165) is 28.8 Å². The van der Waals surface area contributed by atoms with Crippen molar-refractivity contribution in [3.05, 3.63) is 25.3 Å². The predicted octanol–water partition coefficient (Wildman–Crippen LogP) is 5.32. The van der Waals surface area contributed by atoms with E-state index in [2.05, 4.69) is 20.1 Å². The molecule has 2 aliphatic rings. The zero-order valence-electron chi connectivity index (χ0n) is 15.8. The Balaban J connectivity index is 1.53. The Bertz CT molecular complexity index is 499. The summed E-state index contributed by atoms with van der Waals surface area (Å²) >= 11 is 13.4. The SMILES string of the molecule is C=CC(=O)OCC1CSC(CSC(C)SCC2SCC(CSC(=O)C=C)S2)S1. The highest BCUT2D eigenvalue weighted by atomic mass is 32.2. The molecule has 2 aliphatic heterocycles. The molecule has 2 saturated heterocycles. The van der Waals surface area contributed by atoms with Crippen LogP contribution in [0.2, 0.25) is 0 Å². The number of hydrogen-bond acceptors (Lipinski definition) is 10. The first kappa shape index (κ1) is 25.3. The van der Waals surface area contributed by atoms with Crippen molar-refractivity contribution in [2.75, 3.05) is 35.4 Å². The van der Waals surface area contributed by atoms with Crippen molar-refractivity contribution in [3.8, 4) is 0 Å². The van der Waals surface area contributed by atoms with Gasteiger partial charge < -0.3 is 4.74 Å². The molecule has 0 bridgehead atoms. The molecule has 5 atom stereocenters. The maximum absolute atomic E-state index is 11.3. The molecule has 158 valence electrons. The Hall–Kier alpha value is 1.07. The number of carbonyl (C=O) groups is 2. The Morgan fingerprint density at radius 3 is 2.25 bits per heavy atom. The van der Waals surface area contributed by atoms with E-state index < -0.39 is 0 Å². The lowest BCUT2D eigenvalue weighted by Crippen LogP contribution is -2.14. The lowest BCUT2D eigenvalue weighted by atomic mass is 10.5. The van der Waals surface area contributed by atoms with Crippen molar-refractivity contribution in [1.82, 2.24) is 0 Å². The normalized spacial score (nSPS) is 28.0. The average Bonchev–Trinajstić information content (AvgIpc) is 3.36. The summed E-state index contributed by atoms with van der Waals surface area (Å²) in [6.07, 6.45) is 2.63. The maximum Gasteiger partial charge on any atom is 0.330 e. The van der Waals surface area contributed by atoms with Crippen LogP contribution in [0.15, 0.2) is 25.3 Å². The lowest BCUT2D eigenvalue weighted by Gasteiger charge is -2.16. The van der Waals surface area contributed by atoms with Crippen LogP contribution in [0.3, 0.4) is 0 Å². The molecule has 10 heteroatoms. The van der Waals surface area contributed by atoms with Crippen LogP contribution in [-0.2, 0) is 14.3 Å². The van der Waals surface area contributed by atoms with Gasteiger partial charge in [-0.2, -0.15) is 0 Å². The van der Waals surface area contributed by atoms with Gasteiger partial charge in [0.25, 0.3) is 0 Å². The summed E-state index contributed by atoms with van der Waals surface area (Å²) in [6.45, 7) is 9.73. The third kappa shape index (κ3) is 9.92. The number of rotatable bonds is 12. The Morgan fingerprint density at radius 1 is 1.04 bits per heavy atom. The van der Waals surface area contributed by atoms with E-state index in [1.807, 2.05) is 70.6 Å². The van der Waals surface area contributed by atoms with Crippen LogP contribution in [0, 0.1) is 0 Å². The summed E-state index contributed by atoms with van der Waals surface area (Å²) in [5.74, 6) is 5.04. The molecule has 0 aromatic rings. The van der Waals surface area contributed by atoms with Crippen molar-refractivity contribution in [2.45, 2.75) is 31.2 Å². The number of hydrogen-bond donors (Lipinski definition) is 0. The van der Waals surface area contributed by atoms with Crippen molar-refractivity contribution in [3.63, 3.8) is 0 Å². The van der Waals surface area contributed by atoms with Gasteiger partial charge in [0.15, 0.2) is 0 Å². The number of thioether (sulfide) groups is 7. The Labute approximate surface area is 198 Å². The van der Waals surface area contributed by atoms with Crippen LogP contribution >= 0.6 is 82.3 Å². The third-order valence-electron chi connectivity index (χ3n) is 3.71. The second kappa shape index (κ2) is 14.2. The van der Waals surface area contributed by atoms with Gasteiger partial charge in [-0.3, -0.25) is 4.79 Å². The van der Waals surface area contributed by atoms with Gasteiger partial charge in [0, 0.05) is 49.9 Å². The van der Waals surface area contributed by atoms with E-state index in [-0.39, 0.29) is 11.1 Å². The highest BCUT2D eigenvalue weighted by molar-refractivity contribution is 8.24. The summed E-state index contributed by atoms with van der Waals surface area (Å²) in [5.41, 5.74) is 0. The van der Waals surface area contributed by atoms with Crippen molar-refractivity contribution < 1.29 is 14.3 Å². The van der Waals surface area contributed by atoms with Gasteiger partial charge in [0.2, 0.25) is 5.12 Å². The van der Waals surface area contributed by atoms with Crippen molar-refractivity contribution >= 4 is 93.4 Å². The number of ether oxygens (including phenoxy) is 1. The first-order valence-electron chi connectivity index (χ1n) is 8.85. The van der Waals surface area contributed by atoms with Gasteiger partial charge >= 0.3 is 5.97 Å². The molecule has 0 aromatic heterocycles. The summed E-state index contributed by atoms with van der Waals surface area (Å²) in [6, 6.07) is 0. The topological polar surface area (TPSA) is 43.4 Å². The summed E-state index contributed by atoms with van der Waals surface area (Å²) in [5, 5.41) is 1.06. The minimum Gasteiger partial charge on any atom is -0.461 e. The maximum atomic E-state index is 11.3. The van der Waals surface area contributed by atoms with Crippen LogP contribution in [0.4, 0.5) is 0 Å². The molecule has 3 nitrogen and oxygen atoms in total. The summed E-state index contributed by atoms with van der Waals surface area (Å²) in [4.78, 5) is 22.5. The smallest absolute Gasteiger partial charge is 0.330 e. The fourth-order valence-electron chi connectivity index (χ4n) is 2.31. The monoisotopic (exact) mass is 514 g/mol. The highest BCUT2D eigenvalue weighted by Gasteiger charge is 2.29. The zero-order valence-corrected chi connectivity index (χ0v) is 21.5. The molecular weight excluding hydrogens is 489 g/mol. The van der Waals surface area contributed by atoms with Crippen LogP contribution < -0.4 is 0 Å².